The van der Waals surface area contributed by atoms with Gasteiger partial charge in [-0.15, -0.1) is 0 Å². The van der Waals surface area contributed by atoms with Crippen LogP contribution in [0, 0.1) is 0 Å². The number of carbonyl (C=O) groups is 2. The number of rotatable bonds is 10. The molecule has 0 bridgehead atoms. The molecule has 0 atom stereocenters. The fourth-order valence-corrected chi connectivity index (χ4v) is 3.04. The van der Waals surface area contributed by atoms with E-state index in [9.17, 15) is 14.7 Å². The molecule has 32 heavy (non-hydrogen) atoms. The summed E-state index contributed by atoms with van der Waals surface area (Å²) >= 11 is 0. The van der Waals surface area contributed by atoms with Gasteiger partial charge in [0.15, 0.2) is 11.5 Å². The van der Waals surface area contributed by atoms with Gasteiger partial charge in [0, 0.05) is 12.7 Å². The molecule has 0 unspecified atom stereocenters. The summed E-state index contributed by atoms with van der Waals surface area (Å²) in [6, 6.07) is 12.4. The topological polar surface area (TPSA) is 112 Å². The van der Waals surface area contributed by atoms with Crippen LogP contribution in [0.15, 0.2) is 48.7 Å². The molecule has 3 aromatic rings. The molecule has 168 valence electrons. The van der Waals surface area contributed by atoms with Crippen molar-refractivity contribution in [1.29, 1.82) is 0 Å². The van der Waals surface area contributed by atoms with E-state index in [1.54, 1.807) is 24.3 Å². The van der Waals surface area contributed by atoms with Crippen LogP contribution in [0.2, 0.25) is 0 Å². The molecule has 1 aromatic heterocycles. The first kappa shape index (κ1) is 22.7. The number of amides is 1. The lowest BCUT2D eigenvalue weighted by atomic mass is 10.2. The fourth-order valence-electron chi connectivity index (χ4n) is 3.04. The first-order valence-corrected chi connectivity index (χ1v) is 10.1. The molecule has 2 N–H and O–H groups in total. The number of aromatic carboxylic acids is 1. The maximum atomic E-state index is 12.5. The molecule has 0 radical (unpaired) electrons. The van der Waals surface area contributed by atoms with Gasteiger partial charge in [0.1, 0.15) is 23.6 Å². The molecule has 9 nitrogen and oxygen atoms in total. The summed E-state index contributed by atoms with van der Waals surface area (Å²) in [5.41, 5.74) is 1.23. The number of benzene rings is 2. The maximum absolute atomic E-state index is 12.5. The van der Waals surface area contributed by atoms with Crippen molar-refractivity contribution < 1.29 is 28.9 Å². The third kappa shape index (κ3) is 5.37. The number of nitrogens with zero attached hydrogens (tertiary/aromatic N) is 2. The van der Waals surface area contributed by atoms with E-state index in [1.807, 2.05) is 32.0 Å². The molecular formula is C23H25N3O6. The van der Waals surface area contributed by atoms with Crippen LogP contribution in [-0.4, -0.2) is 40.0 Å². The van der Waals surface area contributed by atoms with Crippen LogP contribution in [0.3, 0.4) is 0 Å². The van der Waals surface area contributed by atoms with E-state index in [0.717, 1.165) is 11.8 Å². The standard InChI is InChI=1S/C23H25N3O6/c1-4-30-19-11-6-15(12-20(19)31-5-2)14-32-17-9-7-16(8-10-17)25-22(27)21-18(23(28)29)13-24-26(21)3/h6-13H,4-5,14H2,1-3H3,(H,25,27)(H,28,29). The second kappa shape index (κ2) is 10.3. The molecule has 0 aliphatic carbocycles. The number of aromatic nitrogens is 2. The number of carboxylic acid groups (broad SMARTS) is 1. The Bertz CT molecular complexity index is 1090. The smallest absolute Gasteiger partial charge is 0.339 e. The van der Waals surface area contributed by atoms with Gasteiger partial charge < -0.3 is 24.6 Å². The van der Waals surface area contributed by atoms with Crippen LogP contribution in [0.5, 0.6) is 17.2 Å². The number of hydrogen-bond acceptors (Lipinski definition) is 6. The molecule has 1 heterocycles. The molecule has 0 saturated carbocycles. The van der Waals surface area contributed by atoms with E-state index in [-0.39, 0.29) is 11.3 Å². The molecule has 9 heteroatoms. The van der Waals surface area contributed by atoms with Gasteiger partial charge in [-0.25, -0.2) is 4.79 Å². The number of hydrogen-bond donors (Lipinski definition) is 2. The van der Waals surface area contributed by atoms with Crippen molar-refractivity contribution in [3.8, 4) is 17.2 Å². The third-order valence-electron chi connectivity index (χ3n) is 4.51. The van der Waals surface area contributed by atoms with Crippen molar-refractivity contribution >= 4 is 17.6 Å². The van der Waals surface area contributed by atoms with Crippen molar-refractivity contribution in [1.82, 2.24) is 9.78 Å². The van der Waals surface area contributed by atoms with Gasteiger partial charge in [0.05, 0.1) is 19.4 Å². The normalized spacial score (nSPS) is 10.5. The van der Waals surface area contributed by atoms with E-state index in [0.29, 0.717) is 42.8 Å². The lowest BCUT2D eigenvalue weighted by Crippen LogP contribution is -2.19. The second-order valence-electron chi connectivity index (χ2n) is 6.75. The number of carbonyl (C=O) groups excluding carboxylic acids is 1. The zero-order chi connectivity index (χ0) is 23.1. The molecule has 1 amide bonds. The summed E-state index contributed by atoms with van der Waals surface area (Å²) in [5, 5.41) is 15.7. The summed E-state index contributed by atoms with van der Waals surface area (Å²) < 4.78 is 18.3. The quantitative estimate of drug-likeness (QED) is 0.495. The summed E-state index contributed by atoms with van der Waals surface area (Å²) in [7, 11) is 1.51. The number of carboxylic acids is 1. The summed E-state index contributed by atoms with van der Waals surface area (Å²) in [5.74, 6) is 0.200. The first-order chi connectivity index (χ1) is 15.4. The molecule has 2 aromatic carbocycles. The Morgan fingerprint density at radius 1 is 1.00 bits per heavy atom. The van der Waals surface area contributed by atoms with Gasteiger partial charge in [-0.1, -0.05) is 6.07 Å². The van der Waals surface area contributed by atoms with E-state index in [4.69, 9.17) is 14.2 Å². The van der Waals surface area contributed by atoms with Crippen molar-refractivity contribution in [3.63, 3.8) is 0 Å². The van der Waals surface area contributed by atoms with Gasteiger partial charge in [0.25, 0.3) is 5.91 Å². The highest BCUT2D eigenvalue weighted by molar-refractivity contribution is 6.09. The molecule has 0 spiro atoms. The Kier molecular flexibility index (Phi) is 7.33. The Morgan fingerprint density at radius 2 is 1.69 bits per heavy atom. The minimum atomic E-state index is -1.21. The highest BCUT2D eigenvalue weighted by atomic mass is 16.5. The zero-order valence-electron chi connectivity index (χ0n) is 18.1. The molecule has 0 aliphatic rings. The van der Waals surface area contributed by atoms with Crippen molar-refractivity contribution in [2.75, 3.05) is 18.5 Å². The Balaban J connectivity index is 1.63. The van der Waals surface area contributed by atoms with E-state index in [1.165, 1.54) is 11.7 Å². The summed E-state index contributed by atoms with van der Waals surface area (Å²) in [6.07, 6.45) is 1.14. The maximum Gasteiger partial charge on any atom is 0.339 e. The summed E-state index contributed by atoms with van der Waals surface area (Å²) in [6.45, 7) is 5.24. The average Bonchev–Trinajstić information content (AvgIpc) is 3.17. The number of ether oxygens (including phenoxy) is 3. The minimum absolute atomic E-state index is 0.0292. The van der Waals surface area contributed by atoms with E-state index < -0.39 is 11.9 Å². The molecule has 0 aliphatic heterocycles. The monoisotopic (exact) mass is 439 g/mol. The Hall–Kier alpha value is -4.01. The molecule has 3 rings (SSSR count). The second-order valence-corrected chi connectivity index (χ2v) is 6.75. The van der Waals surface area contributed by atoms with Crippen LogP contribution < -0.4 is 19.5 Å². The molecule has 0 fully saturated rings. The van der Waals surface area contributed by atoms with Crippen molar-refractivity contribution in [3.05, 3.63) is 65.5 Å². The van der Waals surface area contributed by atoms with E-state index >= 15 is 0 Å². The zero-order valence-corrected chi connectivity index (χ0v) is 18.1. The van der Waals surface area contributed by atoms with Crippen LogP contribution >= 0.6 is 0 Å². The predicted octanol–water partition coefficient (Wildman–Crippen LogP) is 3.75. The van der Waals surface area contributed by atoms with Gasteiger partial charge in [-0.05, 0) is 55.8 Å². The van der Waals surface area contributed by atoms with Crippen LogP contribution in [0.4, 0.5) is 5.69 Å². The largest absolute Gasteiger partial charge is 0.490 e. The highest BCUT2D eigenvalue weighted by Gasteiger charge is 2.21. The van der Waals surface area contributed by atoms with Crippen LogP contribution in [0.25, 0.3) is 0 Å². The van der Waals surface area contributed by atoms with Crippen molar-refractivity contribution in [2.45, 2.75) is 20.5 Å². The molecular weight excluding hydrogens is 414 g/mol. The minimum Gasteiger partial charge on any atom is -0.490 e. The average molecular weight is 439 g/mol. The summed E-state index contributed by atoms with van der Waals surface area (Å²) in [4.78, 5) is 23.8. The van der Waals surface area contributed by atoms with Crippen LogP contribution in [-0.2, 0) is 13.7 Å². The third-order valence-corrected chi connectivity index (χ3v) is 4.51. The number of aryl methyl sites for hydroxylation is 1. The van der Waals surface area contributed by atoms with Crippen molar-refractivity contribution in [2.24, 2.45) is 7.05 Å². The Morgan fingerprint density at radius 3 is 2.34 bits per heavy atom. The van der Waals surface area contributed by atoms with Crippen LogP contribution in [0.1, 0.15) is 40.3 Å². The highest BCUT2D eigenvalue weighted by Crippen LogP contribution is 2.29. The van der Waals surface area contributed by atoms with Gasteiger partial charge in [0.2, 0.25) is 0 Å². The fraction of sp³-hybridized carbons (Fsp3) is 0.261. The molecule has 0 saturated heterocycles. The number of anilines is 1. The Labute approximate surface area is 185 Å². The number of nitrogens with one attached hydrogen (secondary N) is 1. The van der Waals surface area contributed by atoms with Gasteiger partial charge in [-0.3, -0.25) is 9.48 Å². The first-order valence-electron chi connectivity index (χ1n) is 10.1. The SMILES string of the molecule is CCOc1ccc(COc2ccc(NC(=O)c3c(C(=O)O)cnn3C)cc2)cc1OCC. The lowest BCUT2D eigenvalue weighted by molar-refractivity contribution is 0.0692. The predicted molar refractivity (Wildman–Crippen MR) is 118 cm³/mol. The lowest BCUT2D eigenvalue weighted by Gasteiger charge is -2.13. The van der Waals surface area contributed by atoms with E-state index in [2.05, 4.69) is 10.4 Å². The van der Waals surface area contributed by atoms with Gasteiger partial charge >= 0.3 is 5.97 Å². The van der Waals surface area contributed by atoms with Gasteiger partial charge in [-0.2, -0.15) is 5.10 Å².